The molecule has 0 fully saturated rings. The molecule has 0 atom stereocenters. The highest BCUT2D eigenvalue weighted by Gasteiger charge is 2.18. The van der Waals surface area contributed by atoms with Crippen LogP contribution in [-0.2, 0) is 0 Å². The minimum absolute atomic E-state index is 0.145. The molecule has 0 aliphatic heterocycles. The van der Waals surface area contributed by atoms with Crippen LogP contribution in [0.15, 0.2) is 60.9 Å². The maximum Gasteiger partial charge on any atom is 0.211 e. The molecule has 0 radical (unpaired) electrons. The predicted molar refractivity (Wildman–Crippen MR) is 91.3 cm³/mol. The van der Waals surface area contributed by atoms with Crippen molar-refractivity contribution in [1.82, 2.24) is 9.97 Å². The van der Waals surface area contributed by atoms with Crippen molar-refractivity contribution in [3.8, 4) is 0 Å². The molecule has 0 aliphatic rings. The number of hydrogen-bond donors (Lipinski definition) is 0. The van der Waals surface area contributed by atoms with E-state index in [4.69, 9.17) is 0 Å². The van der Waals surface area contributed by atoms with E-state index >= 15 is 0 Å². The highest BCUT2D eigenvalue weighted by atomic mass is 16.1. The summed E-state index contributed by atoms with van der Waals surface area (Å²) in [5.74, 6) is -0.291. The zero-order valence-electron chi connectivity index (χ0n) is 13.5. The van der Waals surface area contributed by atoms with E-state index in [1.165, 1.54) is 0 Å². The Morgan fingerprint density at radius 1 is 0.708 bits per heavy atom. The number of hydrogen-bond acceptors (Lipinski definition) is 4. The largest absolute Gasteiger partial charge is 0.287 e. The van der Waals surface area contributed by atoms with Gasteiger partial charge < -0.3 is 0 Å². The number of rotatable bonds is 4. The number of carbonyl (C=O) groups is 2. The summed E-state index contributed by atoms with van der Waals surface area (Å²) in [6.45, 7) is 3.65. The number of benzene rings is 1. The second kappa shape index (κ2) is 6.54. The van der Waals surface area contributed by atoms with Crippen LogP contribution >= 0.6 is 0 Å². The van der Waals surface area contributed by atoms with Gasteiger partial charge in [0, 0.05) is 23.5 Å². The Kier molecular flexibility index (Phi) is 4.29. The SMILES string of the molecule is Cc1cc(C(=O)c2ccccn2)c(C)cc1C(=O)c1ccccn1. The first-order valence-corrected chi connectivity index (χ1v) is 7.60. The van der Waals surface area contributed by atoms with E-state index in [9.17, 15) is 9.59 Å². The van der Waals surface area contributed by atoms with Gasteiger partial charge in [0.1, 0.15) is 11.4 Å². The molecule has 0 unspecified atom stereocenters. The minimum atomic E-state index is -0.145. The van der Waals surface area contributed by atoms with E-state index in [2.05, 4.69) is 9.97 Å². The summed E-state index contributed by atoms with van der Waals surface area (Å²) >= 11 is 0. The Morgan fingerprint density at radius 2 is 1.12 bits per heavy atom. The fourth-order valence-electron chi connectivity index (χ4n) is 2.58. The van der Waals surface area contributed by atoms with E-state index < -0.39 is 0 Å². The third-order valence-electron chi connectivity index (χ3n) is 3.86. The highest BCUT2D eigenvalue weighted by Crippen LogP contribution is 2.21. The standard InChI is InChI=1S/C20H16N2O2/c1-13-11-16(20(24)18-8-4-6-10-22-18)14(2)12-15(13)19(23)17-7-3-5-9-21-17/h3-12H,1-2H3. The van der Waals surface area contributed by atoms with Gasteiger partial charge in [0.2, 0.25) is 11.6 Å². The Morgan fingerprint density at radius 3 is 1.46 bits per heavy atom. The summed E-state index contributed by atoms with van der Waals surface area (Å²) in [5, 5.41) is 0. The van der Waals surface area contributed by atoms with Gasteiger partial charge in [-0.1, -0.05) is 12.1 Å². The number of ketones is 2. The fraction of sp³-hybridized carbons (Fsp3) is 0.100. The number of nitrogens with zero attached hydrogens (tertiary/aromatic N) is 2. The normalized spacial score (nSPS) is 10.4. The molecule has 0 N–H and O–H groups in total. The number of pyridine rings is 2. The summed E-state index contributed by atoms with van der Waals surface area (Å²) < 4.78 is 0. The molecule has 0 spiro atoms. The van der Waals surface area contributed by atoms with Gasteiger partial charge in [0.25, 0.3) is 0 Å². The highest BCUT2D eigenvalue weighted by molar-refractivity contribution is 6.12. The van der Waals surface area contributed by atoms with Crippen molar-refractivity contribution in [2.75, 3.05) is 0 Å². The maximum absolute atomic E-state index is 12.6. The van der Waals surface area contributed by atoms with Crippen molar-refractivity contribution in [2.24, 2.45) is 0 Å². The molecule has 4 nitrogen and oxygen atoms in total. The van der Waals surface area contributed by atoms with Gasteiger partial charge in [-0.15, -0.1) is 0 Å². The Balaban J connectivity index is 2.01. The van der Waals surface area contributed by atoms with Crippen LogP contribution in [0.25, 0.3) is 0 Å². The van der Waals surface area contributed by atoms with Crippen molar-refractivity contribution in [1.29, 1.82) is 0 Å². The number of carbonyl (C=O) groups excluding carboxylic acids is 2. The lowest BCUT2D eigenvalue weighted by molar-refractivity contribution is 0.102. The molecule has 0 saturated heterocycles. The van der Waals surface area contributed by atoms with Crippen LogP contribution in [0, 0.1) is 13.8 Å². The Bertz CT molecular complexity index is 826. The van der Waals surface area contributed by atoms with Gasteiger partial charge in [-0.05, 0) is 61.4 Å². The van der Waals surface area contributed by atoms with Crippen molar-refractivity contribution in [3.63, 3.8) is 0 Å². The van der Waals surface area contributed by atoms with Gasteiger partial charge >= 0.3 is 0 Å². The predicted octanol–water partition coefficient (Wildman–Crippen LogP) is 3.56. The van der Waals surface area contributed by atoms with Crippen LogP contribution in [-0.4, -0.2) is 21.5 Å². The second-order valence-corrected chi connectivity index (χ2v) is 5.57. The lowest BCUT2D eigenvalue weighted by Crippen LogP contribution is -2.11. The van der Waals surface area contributed by atoms with Crippen LogP contribution in [0.5, 0.6) is 0 Å². The van der Waals surface area contributed by atoms with Gasteiger partial charge in [-0.25, -0.2) is 0 Å². The first-order chi connectivity index (χ1) is 11.6. The average molecular weight is 316 g/mol. The van der Waals surface area contributed by atoms with Crippen LogP contribution in [0.1, 0.15) is 43.2 Å². The van der Waals surface area contributed by atoms with E-state index in [1.807, 2.05) is 13.8 Å². The molecule has 0 saturated carbocycles. The van der Waals surface area contributed by atoms with Gasteiger partial charge in [-0.3, -0.25) is 19.6 Å². The molecule has 3 aromatic rings. The van der Waals surface area contributed by atoms with Crippen LogP contribution < -0.4 is 0 Å². The average Bonchev–Trinajstić information content (AvgIpc) is 2.63. The number of aryl methyl sites for hydroxylation is 2. The number of aromatic nitrogens is 2. The van der Waals surface area contributed by atoms with E-state index in [1.54, 1.807) is 60.9 Å². The summed E-state index contributed by atoms with van der Waals surface area (Å²) in [6.07, 6.45) is 3.18. The summed E-state index contributed by atoms with van der Waals surface area (Å²) in [4.78, 5) is 33.4. The minimum Gasteiger partial charge on any atom is -0.287 e. The third-order valence-corrected chi connectivity index (χ3v) is 3.86. The van der Waals surface area contributed by atoms with Crippen LogP contribution in [0.2, 0.25) is 0 Å². The molecule has 118 valence electrons. The lowest BCUT2D eigenvalue weighted by atomic mass is 9.93. The molecule has 2 heterocycles. The molecular formula is C20H16N2O2. The first kappa shape index (κ1) is 15.7. The molecule has 0 aliphatic carbocycles. The van der Waals surface area contributed by atoms with Crippen LogP contribution in [0.4, 0.5) is 0 Å². The lowest BCUT2D eigenvalue weighted by Gasteiger charge is -2.10. The smallest absolute Gasteiger partial charge is 0.211 e. The molecule has 0 amide bonds. The quantitative estimate of drug-likeness (QED) is 0.691. The Hall–Kier alpha value is -3.14. The zero-order valence-corrected chi connectivity index (χ0v) is 13.5. The van der Waals surface area contributed by atoms with E-state index in [0.717, 1.165) is 11.1 Å². The van der Waals surface area contributed by atoms with Crippen molar-refractivity contribution < 1.29 is 9.59 Å². The third kappa shape index (κ3) is 2.99. The van der Waals surface area contributed by atoms with Crippen LogP contribution in [0.3, 0.4) is 0 Å². The molecule has 4 heteroatoms. The summed E-state index contributed by atoms with van der Waals surface area (Å²) in [7, 11) is 0. The first-order valence-electron chi connectivity index (χ1n) is 7.60. The molecular weight excluding hydrogens is 300 g/mol. The Labute approximate surface area is 140 Å². The van der Waals surface area contributed by atoms with Gasteiger partial charge in [0.05, 0.1) is 0 Å². The molecule has 0 bridgehead atoms. The summed E-state index contributed by atoms with van der Waals surface area (Å²) in [6, 6.07) is 14.0. The molecule has 2 aromatic heterocycles. The van der Waals surface area contributed by atoms with E-state index in [0.29, 0.717) is 22.5 Å². The molecule has 1 aromatic carbocycles. The molecule has 3 rings (SSSR count). The van der Waals surface area contributed by atoms with Gasteiger partial charge in [-0.2, -0.15) is 0 Å². The van der Waals surface area contributed by atoms with Gasteiger partial charge in [0.15, 0.2) is 0 Å². The topological polar surface area (TPSA) is 59.9 Å². The summed E-state index contributed by atoms with van der Waals surface area (Å²) in [5.41, 5.74) is 3.39. The molecule has 24 heavy (non-hydrogen) atoms. The fourth-order valence-corrected chi connectivity index (χ4v) is 2.58. The van der Waals surface area contributed by atoms with Crippen molar-refractivity contribution in [3.05, 3.63) is 94.6 Å². The zero-order chi connectivity index (χ0) is 17.1. The van der Waals surface area contributed by atoms with Crippen molar-refractivity contribution >= 4 is 11.6 Å². The second-order valence-electron chi connectivity index (χ2n) is 5.57. The van der Waals surface area contributed by atoms with E-state index in [-0.39, 0.29) is 11.6 Å². The maximum atomic E-state index is 12.6. The monoisotopic (exact) mass is 316 g/mol. The van der Waals surface area contributed by atoms with Crippen molar-refractivity contribution in [2.45, 2.75) is 13.8 Å².